The summed E-state index contributed by atoms with van der Waals surface area (Å²) in [7, 11) is 0. The molecule has 0 aromatic carbocycles. The normalized spacial score (nSPS) is 14.3. The molecule has 0 aliphatic rings. The van der Waals surface area contributed by atoms with E-state index in [-0.39, 0.29) is 0 Å². The highest BCUT2D eigenvalue weighted by molar-refractivity contribution is 4.90. The van der Waals surface area contributed by atoms with Crippen LogP contribution >= 0.6 is 0 Å². The Morgan fingerprint density at radius 2 is 2.38 bits per heavy atom. The third kappa shape index (κ3) is 4.50. The van der Waals surface area contributed by atoms with Gasteiger partial charge in [0.15, 0.2) is 0 Å². The van der Waals surface area contributed by atoms with Crippen LogP contribution < -0.4 is 5.32 Å². The lowest BCUT2D eigenvalue weighted by Gasteiger charge is -2.20. The van der Waals surface area contributed by atoms with Gasteiger partial charge in [-0.05, 0) is 25.8 Å². The summed E-state index contributed by atoms with van der Waals surface area (Å²) < 4.78 is 1.96. The van der Waals surface area contributed by atoms with Crippen molar-refractivity contribution in [3.63, 3.8) is 0 Å². The van der Waals surface area contributed by atoms with E-state index in [1.165, 1.54) is 0 Å². The molecule has 0 bridgehead atoms. The predicted octanol–water partition coefficient (Wildman–Crippen LogP) is 2.05. The van der Waals surface area contributed by atoms with Crippen LogP contribution in [-0.2, 0) is 6.54 Å². The van der Waals surface area contributed by atoms with E-state index in [9.17, 15) is 0 Å². The molecule has 0 saturated heterocycles. The molecule has 2 unspecified atom stereocenters. The monoisotopic (exact) mass is 219 g/mol. The molecule has 1 heterocycles. The topological polar surface area (TPSA) is 29.9 Å². The molecule has 0 saturated carbocycles. The summed E-state index contributed by atoms with van der Waals surface area (Å²) in [5.74, 6) is 2.71. The van der Waals surface area contributed by atoms with Gasteiger partial charge in [0.1, 0.15) is 0 Å². The van der Waals surface area contributed by atoms with Gasteiger partial charge in [0.05, 0.1) is 0 Å². The van der Waals surface area contributed by atoms with Crippen LogP contribution in [0.4, 0.5) is 0 Å². The smallest absolute Gasteiger partial charge is 0.0489 e. The number of hydrogen-bond acceptors (Lipinski definition) is 2. The number of nitrogens with one attached hydrogen (secondary N) is 1. The average Bonchev–Trinajstić information content (AvgIpc) is 2.78. The minimum atomic E-state index is 0.442. The highest BCUT2D eigenvalue weighted by Crippen LogP contribution is 2.02. The average molecular weight is 219 g/mol. The van der Waals surface area contributed by atoms with Crippen LogP contribution in [0.15, 0.2) is 18.5 Å². The lowest BCUT2D eigenvalue weighted by atomic mass is 10.1. The van der Waals surface area contributed by atoms with Gasteiger partial charge in [0.2, 0.25) is 0 Å². The van der Waals surface area contributed by atoms with Crippen molar-refractivity contribution in [2.24, 2.45) is 0 Å². The second kappa shape index (κ2) is 7.08. The number of terminal acetylenes is 1. The second-order valence-corrected chi connectivity index (χ2v) is 4.14. The van der Waals surface area contributed by atoms with Crippen LogP contribution in [0.25, 0.3) is 0 Å². The molecule has 3 nitrogen and oxygen atoms in total. The summed E-state index contributed by atoms with van der Waals surface area (Å²) in [6.07, 6.45) is 12.1. The number of aromatic nitrogens is 2. The number of nitrogens with zero attached hydrogens (tertiary/aromatic N) is 2. The van der Waals surface area contributed by atoms with Gasteiger partial charge in [-0.15, -0.1) is 12.3 Å². The predicted molar refractivity (Wildman–Crippen MR) is 67.0 cm³/mol. The van der Waals surface area contributed by atoms with Crippen LogP contribution in [0.5, 0.6) is 0 Å². The Kier molecular flexibility index (Phi) is 5.66. The Morgan fingerprint density at radius 1 is 1.56 bits per heavy atom. The van der Waals surface area contributed by atoms with Gasteiger partial charge < -0.3 is 5.32 Å². The van der Waals surface area contributed by atoms with Crippen LogP contribution in [-0.4, -0.2) is 21.9 Å². The molecule has 1 N–H and O–H groups in total. The molecule has 1 aromatic heterocycles. The van der Waals surface area contributed by atoms with Crippen molar-refractivity contribution < 1.29 is 0 Å². The van der Waals surface area contributed by atoms with E-state index in [1.54, 1.807) is 0 Å². The van der Waals surface area contributed by atoms with E-state index in [0.717, 1.165) is 25.8 Å². The molecule has 2 atom stereocenters. The van der Waals surface area contributed by atoms with E-state index < -0.39 is 0 Å². The van der Waals surface area contributed by atoms with E-state index in [1.807, 2.05) is 23.1 Å². The van der Waals surface area contributed by atoms with Gasteiger partial charge in [-0.2, -0.15) is 5.10 Å². The Hall–Kier alpha value is -1.27. The van der Waals surface area contributed by atoms with Gasteiger partial charge >= 0.3 is 0 Å². The summed E-state index contributed by atoms with van der Waals surface area (Å²) >= 11 is 0. The van der Waals surface area contributed by atoms with Crippen molar-refractivity contribution >= 4 is 0 Å². The van der Waals surface area contributed by atoms with Crippen LogP contribution in [0.3, 0.4) is 0 Å². The van der Waals surface area contributed by atoms with Crippen molar-refractivity contribution in [3.05, 3.63) is 18.5 Å². The summed E-state index contributed by atoms with van der Waals surface area (Å²) in [5, 5.41) is 7.73. The summed E-state index contributed by atoms with van der Waals surface area (Å²) in [6, 6.07) is 2.87. The van der Waals surface area contributed by atoms with Crippen molar-refractivity contribution in [2.45, 2.75) is 51.7 Å². The molecule has 0 radical (unpaired) electrons. The number of aryl methyl sites for hydroxylation is 1. The second-order valence-electron chi connectivity index (χ2n) is 4.14. The fourth-order valence-corrected chi connectivity index (χ4v) is 1.71. The zero-order valence-electron chi connectivity index (χ0n) is 10.2. The summed E-state index contributed by atoms with van der Waals surface area (Å²) in [6.45, 7) is 5.31. The molecular formula is C13H21N3. The molecule has 16 heavy (non-hydrogen) atoms. The fourth-order valence-electron chi connectivity index (χ4n) is 1.71. The zero-order chi connectivity index (χ0) is 11.8. The maximum Gasteiger partial charge on any atom is 0.0489 e. The van der Waals surface area contributed by atoms with Crippen LogP contribution in [0, 0.1) is 12.3 Å². The first kappa shape index (κ1) is 12.8. The maximum absolute atomic E-state index is 5.33. The van der Waals surface area contributed by atoms with E-state index in [4.69, 9.17) is 6.42 Å². The largest absolute Gasteiger partial charge is 0.310 e. The molecule has 0 spiro atoms. The van der Waals surface area contributed by atoms with Crippen molar-refractivity contribution in [3.8, 4) is 12.3 Å². The molecule has 0 fully saturated rings. The molecule has 88 valence electrons. The molecule has 1 aromatic rings. The molecule has 0 aliphatic heterocycles. The lowest BCUT2D eigenvalue weighted by molar-refractivity contribution is 0.398. The highest BCUT2D eigenvalue weighted by atomic mass is 15.3. The van der Waals surface area contributed by atoms with Gasteiger partial charge in [-0.3, -0.25) is 4.68 Å². The van der Waals surface area contributed by atoms with Crippen molar-refractivity contribution in [1.29, 1.82) is 0 Å². The lowest BCUT2D eigenvalue weighted by Crippen LogP contribution is -2.36. The Morgan fingerprint density at radius 3 is 2.94 bits per heavy atom. The third-order valence-corrected chi connectivity index (χ3v) is 2.73. The first-order valence-corrected chi connectivity index (χ1v) is 5.93. The maximum atomic E-state index is 5.33. The first-order valence-electron chi connectivity index (χ1n) is 5.93. The molecule has 1 rings (SSSR count). The molecule has 0 amide bonds. The first-order chi connectivity index (χ1) is 7.76. The molecular weight excluding hydrogens is 198 g/mol. The van der Waals surface area contributed by atoms with Crippen LogP contribution in [0.1, 0.15) is 33.1 Å². The Labute approximate surface area is 98.2 Å². The number of rotatable bonds is 7. The standard InChI is InChI=1S/C13H21N3/c1-4-7-13(5-2)15-12(3)8-11-16-10-6-9-14-16/h1,6,9-10,12-13,15H,5,7-8,11H2,2-3H3. The summed E-state index contributed by atoms with van der Waals surface area (Å²) in [5.41, 5.74) is 0. The minimum Gasteiger partial charge on any atom is -0.310 e. The Bertz CT molecular complexity index is 310. The van der Waals surface area contributed by atoms with Gasteiger partial charge in [-0.1, -0.05) is 6.92 Å². The third-order valence-electron chi connectivity index (χ3n) is 2.73. The molecule has 0 aliphatic carbocycles. The van der Waals surface area contributed by atoms with Crippen LogP contribution in [0.2, 0.25) is 0 Å². The van der Waals surface area contributed by atoms with Gasteiger partial charge in [-0.25, -0.2) is 0 Å². The van der Waals surface area contributed by atoms with E-state index in [0.29, 0.717) is 12.1 Å². The quantitative estimate of drug-likeness (QED) is 0.711. The van der Waals surface area contributed by atoms with Crippen molar-refractivity contribution in [2.75, 3.05) is 0 Å². The number of hydrogen-bond donors (Lipinski definition) is 1. The van der Waals surface area contributed by atoms with Crippen molar-refractivity contribution in [1.82, 2.24) is 15.1 Å². The van der Waals surface area contributed by atoms with E-state index in [2.05, 4.69) is 30.2 Å². The van der Waals surface area contributed by atoms with E-state index >= 15 is 0 Å². The van der Waals surface area contributed by atoms with Gasteiger partial charge in [0.25, 0.3) is 0 Å². The zero-order valence-corrected chi connectivity index (χ0v) is 10.2. The fraction of sp³-hybridized carbons (Fsp3) is 0.615. The summed E-state index contributed by atoms with van der Waals surface area (Å²) in [4.78, 5) is 0. The highest BCUT2D eigenvalue weighted by Gasteiger charge is 2.08. The van der Waals surface area contributed by atoms with Gasteiger partial charge in [0, 0.05) is 37.4 Å². The Balaban J connectivity index is 2.24. The molecule has 3 heteroatoms. The minimum absolute atomic E-state index is 0.442. The SMILES string of the molecule is C#CCC(CC)NC(C)CCn1cccn1.